The van der Waals surface area contributed by atoms with Crippen LogP contribution in [-0.4, -0.2) is 25.4 Å². The van der Waals surface area contributed by atoms with E-state index >= 15 is 0 Å². The van der Waals surface area contributed by atoms with Crippen LogP contribution in [0.3, 0.4) is 0 Å². The van der Waals surface area contributed by atoms with Gasteiger partial charge in [0.25, 0.3) is 0 Å². The number of benzene rings is 1. The minimum atomic E-state index is -0.695. The van der Waals surface area contributed by atoms with Crippen molar-refractivity contribution in [2.45, 2.75) is 38.0 Å². The van der Waals surface area contributed by atoms with Crippen LogP contribution in [0, 0.1) is 29.1 Å². The number of hydrogen-bond donors (Lipinski definition) is 2. The number of nitrogens with zero attached hydrogens (tertiary/aromatic N) is 4. The normalized spacial score (nSPS) is 21.5. The molecule has 1 aliphatic rings. The Kier molecular flexibility index (Phi) is 4.94. The number of rotatable bonds is 4. The molecule has 4 rings (SSSR count). The van der Waals surface area contributed by atoms with Gasteiger partial charge in [0.2, 0.25) is 0 Å². The van der Waals surface area contributed by atoms with Crippen molar-refractivity contribution in [3.8, 4) is 29.2 Å². The zero-order valence-corrected chi connectivity index (χ0v) is 16.0. The van der Waals surface area contributed by atoms with Crippen LogP contribution >= 0.6 is 0 Å². The molecule has 7 nitrogen and oxygen atoms in total. The minimum Gasteiger partial charge on any atom is -0.385 e. The molecule has 3 aromatic rings. The second kappa shape index (κ2) is 7.56. The van der Waals surface area contributed by atoms with E-state index in [2.05, 4.69) is 28.1 Å². The van der Waals surface area contributed by atoms with E-state index in [0.717, 1.165) is 16.8 Å². The molecule has 29 heavy (non-hydrogen) atoms. The van der Waals surface area contributed by atoms with Gasteiger partial charge in [-0.2, -0.15) is 5.26 Å². The number of aliphatic hydroxyl groups is 1. The predicted molar refractivity (Wildman–Crippen MR) is 106 cm³/mol. The minimum absolute atomic E-state index is 0.186. The van der Waals surface area contributed by atoms with Gasteiger partial charge in [-0.3, -0.25) is 0 Å². The zero-order chi connectivity index (χ0) is 20.4. The summed E-state index contributed by atoms with van der Waals surface area (Å²) in [5.74, 6) is 7.77. The van der Waals surface area contributed by atoms with Crippen molar-refractivity contribution in [2.24, 2.45) is 11.7 Å². The maximum absolute atomic E-state index is 9.76. The van der Waals surface area contributed by atoms with E-state index in [1.807, 2.05) is 34.9 Å². The van der Waals surface area contributed by atoms with Crippen molar-refractivity contribution >= 4 is 0 Å². The first-order valence-electron chi connectivity index (χ1n) is 9.42. The van der Waals surface area contributed by atoms with Gasteiger partial charge in [0.15, 0.2) is 5.76 Å². The standard InChI is InChI=1S/C22H21N5O2/c1-15(28)21-25-8-9-27(21)13-19-10-20(29-26-19)18-6-4-16(5-7-18)2-3-17-11-22(24,12-17)14-23/h4-10,15,17,28H,11-13,24H2,1H3/t15-,17?,22?/m0/s1. The highest BCUT2D eigenvalue weighted by atomic mass is 16.5. The van der Waals surface area contributed by atoms with Crippen LogP contribution in [0.5, 0.6) is 0 Å². The fourth-order valence-corrected chi connectivity index (χ4v) is 3.44. The number of imidazole rings is 1. The van der Waals surface area contributed by atoms with Crippen molar-refractivity contribution < 1.29 is 9.63 Å². The second-order valence-corrected chi connectivity index (χ2v) is 7.49. The number of aromatic nitrogens is 3. The van der Waals surface area contributed by atoms with E-state index in [1.165, 1.54) is 0 Å². The van der Waals surface area contributed by atoms with Crippen molar-refractivity contribution in [1.29, 1.82) is 5.26 Å². The van der Waals surface area contributed by atoms with Gasteiger partial charge in [-0.1, -0.05) is 17.0 Å². The molecule has 2 aromatic heterocycles. The van der Waals surface area contributed by atoms with Gasteiger partial charge in [0.1, 0.15) is 23.2 Å². The molecule has 2 heterocycles. The lowest BCUT2D eigenvalue weighted by molar-refractivity contribution is 0.184. The molecule has 1 saturated carbocycles. The van der Waals surface area contributed by atoms with Crippen molar-refractivity contribution in [1.82, 2.24) is 14.7 Å². The van der Waals surface area contributed by atoms with E-state index in [-0.39, 0.29) is 5.92 Å². The Balaban J connectivity index is 1.41. The summed E-state index contributed by atoms with van der Waals surface area (Å²) < 4.78 is 7.31. The molecule has 0 unspecified atom stereocenters. The third-order valence-corrected chi connectivity index (χ3v) is 5.05. The fraction of sp³-hybridized carbons (Fsp3) is 0.318. The molecular formula is C22H21N5O2. The molecular weight excluding hydrogens is 366 g/mol. The molecule has 7 heteroatoms. The number of nitriles is 1. The van der Waals surface area contributed by atoms with E-state index in [0.29, 0.717) is 31.0 Å². The topological polar surface area (TPSA) is 114 Å². The average molecular weight is 387 g/mol. The van der Waals surface area contributed by atoms with Gasteiger partial charge in [-0.15, -0.1) is 0 Å². The maximum Gasteiger partial charge on any atom is 0.167 e. The fourth-order valence-electron chi connectivity index (χ4n) is 3.44. The Hall–Kier alpha value is -3.39. The van der Waals surface area contributed by atoms with Gasteiger partial charge in [-0.05, 0) is 44.0 Å². The summed E-state index contributed by atoms with van der Waals surface area (Å²) in [6, 6.07) is 11.8. The molecule has 0 aliphatic heterocycles. The Morgan fingerprint density at radius 3 is 2.83 bits per heavy atom. The first-order chi connectivity index (χ1) is 14.0. The Labute approximate surface area is 168 Å². The van der Waals surface area contributed by atoms with Crippen LogP contribution in [0.15, 0.2) is 47.2 Å². The molecule has 3 N–H and O–H groups in total. The van der Waals surface area contributed by atoms with Crippen LogP contribution in [0.25, 0.3) is 11.3 Å². The smallest absolute Gasteiger partial charge is 0.167 e. The van der Waals surface area contributed by atoms with Crippen LogP contribution in [0.2, 0.25) is 0 Å². The maximum atomic E-state index is 9.76. The van der Waals surface area contributed by atoms with Gasteiger partial charge in [0.05, 0.1) is 12.6 Å². The Morgan fingerprint density at radius 1 is 1.38 bits per heavy atom. The van der Waals surface area contributed by atoms with Crippen LogP contribution in [0.4, 0.5) is 0 Å². The molecule has 1 fully saturated rings. The van der Waals surface area contributed by atoms with Gasteiger partial charge in [0, 0.05) is 35.5 Å². The summed E-state index contributed by atoms with van der Waals surface area (Å²) in [6.45, 7) is 2.15. The lowest BCUT2D eigenvalue weighted by atomic mass is 9.70. The summed E-state index contributed by atoms with van der Waals surface area (Å²) in [5.41, 5.74) is 7.71. The lowest BCUT2D eigenvalue weighted by Gasteiger charge is -2.36. The highest BCUT2D eigenvalue weighted by Gasteiger charge is 2.40. The Bertz CT molecular complexity index is 1100. The van der Waals surface area contributed by atoms with Gasteiger partial charge >= 0.3 is 0 Å². The van der Waals surface area contributed by atoms with E-state index in [9.17, 15) is 5.11 Å². The number of aliphatic hydroxyl groups excluding tert-OH is 1. The molecule has 0 amide bonds. The van der Waals surface area contributed by atoms with Crippen molar-refractivity contribution in [3.05, 3.63) is 59.8 Å². The first-order valence-corrected chi connectivity index (χ1v) is 9.42. The molecule has 146 valence electrons. The monoisotopic (exact) mass is 387 g/mol. The number of hydrogen-bond acceptors (Lipinski definition) is 6. The molecule has 0 bridgehead atoms. The Morgan fingerprint density at radius 2 is 2.14 bits per heavy atom. The van der Waals surface area contributed by atoms with Crippen LogP contribution < -0.4 is 5.73 Å². The molecule has 1 aliphatic carbocycles. The summed E-state index contributed by atoms with van der Waals surface area (Å²) in [4.78, 5) is 4.16. The zero-order valence-electron chi connectivity index (χ0n) is 16.0. The first kappa shape index (κ1) is 18.9. The van der Waals surface area contributed by atoms with Crippen LogP contribution in [0.1, 0.15) is 43.0 Å². The molecule has 1 aromatic carbocycles. The summed E-state index contributed by atoms with van der Waals surface area (Å²) in [6.07, 6.45) is 4.06. The lowest BCUT2D eigenvalue weighted by Crippen LogP contribution is -2.50. The molecule has 0 saturated heterocycles. The third kappa shape index (κ3) is 4.07. The molecule has 0 radical (unpaired) electrons. The van der Waals surface area contributed by atoms with Crippen molar-refractivity contribution in [3.63, 3.8) is 0 Å². The highest BCUT2D eigenvalue weighted by Crippen LogP contribution is 2.34. The summed E-state index contributed by atoms with van der Waals surface area (Å²) >= 11 is 0. The summed E-state index contributed by atoms with van der Waals surface area (Å²) in [5, 5.41) is 22.8. The second-order valence-electron chi connectivity index (χ2n) is 7.49. The molecule has 1 atom stereocenters. The third-order valence-electron chi connectivity index (χ3n) is 5.05. The van der Waals surface area contributed by atoms with Crippen LogP contribution in [-0.2, 0) is 6.54 Å². The van der Waals surface area contributed by atoms with E-state index in [1.54, 1.807) is 19.3 Å². The quantitative estimate of drug-likeness (QED) is 0.665. The average Bonchev–Trinajstić information content (AvgIpc) is 3.35. The largest absolute Gasteiger partial charge is 0.385 e. The number of nitrogens with two attached hydrogens (primary N) is 1. The predicted octanol–water partition coefficient (Wildman–Crippen LogP) is 2.62. The van der Waals surface area contributed by atoms with Crippen molar-refractivity contribution in [2.75, 3.05) is 0 Å². The SMILES string of the molecule is C[C@H](O)c1nccn1Cc1cc(-c2ccc(C#CC3CC(N)(C#N)C3)cc2)on1. The highest BCUT2D eigenvalue weighted by molar-refractivity contribution is 5.59. The van der Waals surface area contributed by atoms with E-state index < -0.39 is 11.6 Å². The molecule has 0 spiro atoms. The van der Waals surface area contributed by atoms with E-state index in [4.69, 9.17) is 15.5 Å². The van der Waals surface area contributed by atoms with Gasteiger partial charge in [-0.25, -0.2) is 4.98 Å². The van der Waals surface area contributed by atoms with Gasteiger partial charge < -0.3 is 19.9 Å². The summed E-state index contributed by atoms with van der Waals surface area (Å²) in [7, 11) is 0.